The zero-order valence-electron chi connectivity index (χ0n) is 8.18. The van der Waals surface area contributed by atoms with E-state index in [0.29, 0.717) is 5.57 Å². The predicted octanol–water partition coefficient (Wildman–Crippen LogP) is 1.78. The molecule has 0 radical (unpaired) electrons. The zero-order valence-corrected chi connectivity index (χ0v) is 8.94. The fraction of sp³-hybridized carbons (Fsp3) is 0.625. The number of carbonyl (C=O) groups is 1. The van der Waals surface area contributed by atoms with Gasteiger partial charge in [0.25, 0.3) is 0 Å². The molecule has 0 aliphatic carbocycles. The molecule has 12 heavy (non-hydrogen) atoms. The topological polar surface area (TPSA) is 40.5 Å². The van der Waals surface area contributed by atoms with Gasteiger partial charge in [-0.25, -0.2) is 4.79 Å². The summed E-state index contributed by atoms with van der Waals surface area (Å²) in [5.74, 6) is -0.855. The normalized spacial score (nSPS) is 10.8. The lowest BCUT2D eigenvalue weighted by atomic mass is 10.2. The Labute approximate surface area is 78.6 Å². The van der Waals surface area contributed by atoms with Crippen molar-refractivity contribution in [1.29, 1.82) is 0 Å². The lowest BCUT2D eigenvalue weighted by molar-refractivity contribution is -0.132. The minimum atomic E-state index is -0.855. The molecule has 72 valence electrons. The van der Waals surface area contributed by atoms with E-state index in [1.54, 1.807) is 18.7 Å². The molecule has 0 aromatic rings. The standard InChI is InChI=1S/C7H13NO2.CH3Cl/c1-5(7(9)10)6(2)8(3)4;1-2/h1-4H3,(H,9,10);1H3/b6-5+;. The maximum absolute atomic E-state index is 10.4. The van der Waals surface area contributed by atoms with Crippen molar-refractivity contribution in [2.45, 2.75) is 13.8 Å². The van der Waals surface area contributed by atoms with E-state index in [9.17, 15) is 4.79 Å². The molecule has 0 atom stereocenters. The van der Waals surface area contributed by atoms with E-state index in [0.717, 1.165) is 5.70 Å². The van der Waals surface area contributed by atoms with Crippen molar-refractivity contribution >= 4 is 17.6 Å². The van der Waals surface area contributed by atoms with E-state index >= 15 is 0 Å². The quantitative estimate of drug-likeness (QED) is 0.537. The van der Waals surface area contributed by atoms with Crippen molar-refractivity contribution in [2.24, 2.45) is 0 Å². The van der Waals surface area contributed by atoms with Crippen molar-refractivity contribution < 1.29 is 9.90 Å². The molecule has 0 saturated heterocycles. The summed E-state index contributed by atoms with van der Waals surface area (Å²) >= 11 is 4.64. The van der Waals surface area contributed by atoms with Crippen molar-refractivity contribution in [1.82, 2.24) is 4.90 Å². The number of nitrogens with zero attached hydrogens (tertiary/aromatic N) is 1. The molecular formula is C8H16ClNO2. The third-order valence-electron chi connectivity index (χ3n) is 1.53. The number of carboxylic acid groups (broad SMARTS) is 1. The van der Waals surface area contributed by atoms with Crippen molar-refractivity contribution in [2.75, 3.05) is 20.5 Å². The van der Waals surface area contributed by atoms with Crippen LogP contribution in [0.25, 0.3) is 0 Å². The van der Waals surface area contributed by atoms with E-state index in [4.69, 9.17) is 5.11 Å². The number of rotatable bonds is 2. The van der Waals surface area contributed by atoms with Crippen LogP contribution in [0.15, 0.2) is 11.3 Å². The highest BCUT2D eigenvalue weighted by atomic mass is 35.5. The second kappa shape index (κ2) is 6.98. The molecular weight excluding hydrogens is 178 g/mol. The highest BCUT2D eigenvalue weighted by Gasteiger charge is 2.05. The summed E-state index contributed by atoms with van der Waals surface area (Å²) in [6.07, 6.45) is 1.47. The Morgan fingerprint density at radius 2 is 1.58 bits per heavy atom. The Hall–Kier alpha value is -0.700. The van der Waals surface area contributed by atoms with Crippen LogP contribution in [-0.2, 0) is 4.79 Å². The highest BCUT2D eigenvalue weighted by Crippen LogP contribution is 2.04. The molecule has 0 spiro atoms. The van der Waals surface area contributed by atoms with Crippen LogP contribution in [0.1, 0.15) is 13.8 Å². The van der Waals surface area contributed by atoms with Crippen molar-refractivity contribution in [3.8, 4) is 0 Å². The Kier molecular flexibility index (Phi) is 8.06. The predicted molar refractivity (Wildman–Crippen MR) is 51.5 cm³/mol. The summed E-state index contributed by atoms with van der Waals surface area (Å²) < 4.78 is 0. The summed E-state index contributed by atoms with van der Waals surface area (Å²) in [5, 5.41) is 8.52. The first-order chi connectivity index (χ1) is 5.46. The van der Waals surface area contributed by atoms with Crippen LogP contribution in [0.5, 0.6) is 0 Å². The van der Waals surface area contributed by atoms with E-state index in [-0.39, 0.29) is 0 Å². The fourth-order valence-corrected chi connectivity index (χ4v) is 0.490. The van der Waals surface area contributed by atoms with Gasteiger partial charge in [0.05, 0.1) is 5.57 Å². The highest BCUT2D eigenvalue weighted by molar-refractivity contribution is 6.15. The number of allylic oxidation sites excluding steroid dienone is 1. The molecule has 0 aliphatic rings. The molecule has 0 aromatic heterocycles. The molecule has 0 aromatic carbocycles. The van der Waals surface area contributed by atoms with Crippen LogP contribution in [0, 0.1) is 0 Å². The number of aliphatic carboxylic acids is 1. The molecule has 4 heteroatoms. The Morgan fingerprint density at radius 1 is 1.25 bits per heavy atom. The Bertz CT molecular complexity index is 176. The maximum Gasteiger partial charge on any atom is 0.333 e. The van der Waals surface area contributed by atoms with Gasteiger partial charge in [0.15, 0.2) is 0 Å². The van der Waals surface area contributed by atoms with Crippen LogP contribution in [0.2, 0.25) is 0 Å². The largest absolute Gasteiger partial charge is 0.478 e. The van der Waals surface area contributed by atoms with E-state index < -0.39 is 5.97 Å². The average molecular weight is 194 g/mol. The third kappa shape index (κ3) is 5.02. The Morgan fingerprint density at radius 3 is 1.67 bits per heavy atom. The van der Waals surface area contributed by atoms with Crippen LogP contribution in [0.4, 0.5) is 0 Å². The fourth-order valence-electron chi connectivity index (χ4n) is 0.490. The van der Waals surface area contributed by atoms with E-state index in [1.165, 1.54) is 6.38 Å². The Balaban J connectivity index is 0. The van der Waals surface area contributed by atoms with E-state index in [2.05, 4.69) is 11.6 Å². The number of alkyl halides is 1. The number of hydrogen-bond donors (Lipinski definition) is 1. The average Bonchev–Trinajstić information content (AvgIpc) is 2.05. The van der Waals surface area contributed by atoms with E-state index in [1.807, 2.05) is 14.1 Å². The molecule has 0 heterocycles. The van der Waals surface area contributed by atoms with Crippen molar-refractivity contribution in [3.05, 3.63) is 11.3 Å². The molecule has 3 nitrogen and oxygen atoms in total. The van der Waals surface area contributed by atoms with Crippen LogP contribution < -0.4 is 0 Å². The molecule has 0 unspecified atom stereocenters. The van der Waals surface area contributed by atoms with Gasteiger partial charge in [-0.2, -0.15) is 0 Å². The van der Waals surface area contributed by atoms with Gasteiger partial charge in [-0.15, -0.1) is 11.6 Å². The summed E-state index contributed by atoms with van der Waals surface area (Å²) in [6, 6.07) is 0. The number of carboxylic acids is 1. The van der Waals surface area contributed by atoms with Crippen LogP contribution in [-0.4, -0.2) is 36.5 Å². The minimum Gasteiger partial charge on any atom is -0.478 e. The molecule has 0 fully saturated rings. The van der Waals surface area contributed by atoms with Gasteiger partial charge in [0.2, 0.25) is 0 Å². The van der Waals surface area contributed by atoms with Gasteiger partial charge < -0.3 is 10.0 Å². The lowest BCUT2D eigenvalue weighted by Gasteiger charge is -2.13. The summed E-state index contributed by atoms with van der Waals surface area (Å²) in [5.41, 5.74) is 1.18. The first-order valence-electron chi connectivity index (χ1n) is 3.42. The van der Waals surface area contributed by atoms with Gasteiger partial charge >= 0.3 is 5.97 Å². The molecule has 0 aliphatic heterocycles. The third-order valence-corrected chi connectivity index (χ3v) is 1.53. The van der Waals surface area contributed by atoms with Crippen LogP contribution in [0.3, 0.4) is 0 Å². The lowest BCUT2D eigenvalue weighted by Crippen LogP contribution is -2.13. The molecule has 0 rings (SSSR count). The molecule has 1 N–H and O–H groups in total. The van der Waals surface area contributed by atoms with Gasteiger partial charge in [0.1, 0.15) is 0 Å². The molecule has 0 bridgehead atoms. The maximum atomic E-state index is 10.4. The second-order valence-corrected chi connectivity index (χ2v) is 2.41. The second-order valence-electron chi connectivity index (χ2n) is 2.41. The first-order valence-corrected chi connectivity index (χ1v) is 4.18. The molecule has 0 amide bonds. The smallest absolute Gasteiger partial charge is 0.333 e. The SMILES string of the molecule is C/C(C(=O)O)=C(/C)N(C)C.CCl. The number of hydrogen-bond acceptors (Lipinski definition) is 2. The van der Waals surface area contributed by atoms with Gasteiger partial charge in [-0.05, 0) is 13.8 Å². The van der Waals surface area contributed by atoms with Crippen LogP contribution >= 0.6 is 11.6 Å². The van der Waals surface area contributed by atoms with Crippen molar-refractivity contribution in [3.63, 3.8) is 0 Å². The first kappa shape index (κ1) is 13.9. The van der Waals surface area contributed by atoms with Gasteiger partial charge in [-0.1, -0.05) is 0 Å². The summed E-state index contributed by atoms with van der Waals surface area (Å²) in [7, 11) is 3.64. The van der Waals surface area contributed by atoms with Gasteiger partial charge in [-0.3, -0.25) is 0 Å². The summed E-state index contributed by atoms with van der Waals surface area (Å²) in [6.45, 7) is 3.38. The monoisotopic (exact) mass is 193 g/mol. The van der Waals surface area contributed by atoms with Gasteiger partial charge in [0, 0.05) is 26.2 Å². The minimum absolute atomic E-state index is 0.394. The zero-order chi connectivity index (χ0) is 10.3. The summed E-state index contributed by atoms with van der Waals surface area (Å²) in [4.78, 5) is 12.1. The number of halogens is 1. The molecule has 0 saturated carbocycles.